The van der Waals surface area contributed by atoms with Crippen molar-refractivity contribution >= 4 is 45.6 Å². The molecule has 136 valence electrons. The maximum atomic E-state index is 12.7. The van der Waals surface area contributed by atoms with Gasteiger partial charge in [-0.15, -0.1) is 0 Å². The smallest absolute Gasteiger partial charge is 0.254 e. The van der Waals surface area contributed by atoms with E-state index < -0.39 is 0 Å². The number of hydrazone groups is 1. The summed E-state index contributed by atoms with van der Waals surface area (Å²) in [6.07, 6.45) is 6.45. The zero-order valence-electron chi connectivity index (χ0n) is 14.4. The number of halogens is 2. The minimum atomic E-state index is -0.257. The predicted molar refractivity (Wildman–Crippen MR) is 102 cm³/mol. The highest BCUT2D eigenvalue weighted by Gasteiger charge is 2.59. The fraction of sp³-hybridized carbons (Fsp3) is 0.421. The summed E-state index contributed by atoms with van der Waals surface area (Å²) in [5.74, 6) is -0.0157. The zero-order chi connectivity index (χ0) is 18.6. The Morgan fingerprint density at radius 2 is 1.85 bits per heavy atom. The van der Waals surface area contributed by atoms with Crippen LogP contribution in [-0.2, 0) is 9.59 Å². The van der Waals surface area contributed by atoms with E-state index in [1.165, 1.54) is 6.21 Å². The van der Waals surface area contributed by atoms with Crippen LogP contribution in [0.15, 0.2) is 33.9 Å². The Labute approximate surface area is 165 Å². The van der Waals surface area contributed by atoms with Crippen LogP contribution in [0.4, 0.5) is 0 Å². The third kappa shape index (κ3) is 2.79. The number of hydrogen-bond donors (Lipinski definition) is 0. The largest absolute Gasteiger partial charge is 0.489 e. The van der Waals surface area contributed by atoms with Gasteiger partial charge in [0.15, 0.2) is 0 Å². The number of nitrogens with zero attached hydrogens (tertiary/aromatic N) is 2. The number of benzene rings is 1. The van der Waals surface area contributed by atoms with E-state index in [4.69, 9.17) is 16.3 Å². The van der Waals surface area contributed by atoms with E-state index in [1.54, 1.807) is 12.1 Å². The minimum Gasteiger partial charge on any atom is -0.489 e. The molecular weight excluding hydrogens is 420 g/mol. The SMILES string of the molecule is CC(C)Oc1c(Br)cc(Cl)cc1C=NN1C(=O)C2C3C=CC(C3)C2C1=O. The molecule has 26 heavy (non-hydrogen) atoms. The number of rotatable bonds is 4. The summed E-state index contributed by atoms with van der Waals surface area (Å²) in [6.45, 7) is 3.83. The van der Waals surface area contributed by atoms with Crippen molar-refractivity contribution in [1.82, 2.24) is 5.01 Å². The topological polar surface area (TPSA) is 59.0 Å². The highest BCUT2D eigenvalue weighted by molar-refractivity contribution is 9.10. The lowest BCUT2D eigenvalue weighted by atomic mass is 9.85. The van der Waals surface area contributed by atoms with Gasteiger partial charge in [-0.25, -0.2) is 0 Å². The zero-order valence-corrected chi connectivity index (χ0v) is 16.7. The van der Waals surface area contributed by atoms with Gasteiger partial charge in [0.25, 0.3) is 11.8 Å². The van der Waals surface area contributed by atoms with Crippen LogP contribution in [-0.4, -0.2) is 29.1 Å². The predicted octanol–water partition coefficient (Wildman–Crippen LogP) is 4.03. The van der Waals surface area contributed by atoms with E-state index in [9.17, 15) is 9.59 Å². The monoisotopic (exact) mass is 436 g/mol. The minimum absolute atomic E-state index is 0.0456. The third-order valence-electron chi connectivity index (χ3n) is 5.15. The molecule has 1 aromatic carbocycles. The van der Waals surface area contributed by atoms with Crippen LogP contribution < -0.4 is 4.74 Å². The molecule has 4 rings (SSSR count). The molecule has 1 aliphatic heterocycles. The van der Waals surface area contributed by atoms with E-state index in [1.807, 2.05) is 13.8 Å². The molecule has 0 radical (unpaired) electrons. The Morgan fingerprint density at radius 1 is 1.23 bits per heavy atom. The molecule has 2 fully saturated rings. The summed E-state index contributed by atoms with van der Waals surface area (Å²) < 4.78 is 6.52. The summed E-state index contributed by atoms with van der Waals surface area (Å²) in [4.78, 5) is 25.4. The normalized spacial score (nSPS) is 29.5. The van der Waals surface area contributed by atoms with E-state index >= 15 is 0 Å². The number of carbonyl (C=O) groups is 2. The summed E-state index contributed by atoms with van der Waals surface area (Å²) in [5.41, 5.74) is 0.608. The lowest BCUT2D eigenvalue weighted by Crippen LogP contribution is -2.28. The number of carbonyl (C=O) groups excluding carboxylic acids is 2. The van der Waals surface area contributed by atoms with Crippen LogP contribution in [0.2, 0.25) is 5.02 Å². The molecule has 2 amide bonds. The van der Waals surface area contributed by atoms with Crippen LogP contribution >= 0.6 is 27.5 Å². The van der Waals surface area contributed by atoms with Gasteiger partial charge in [0.2, 0.25) is 0 Å². The van der Waals surface area contributed by atoms with Crippen molar-refractivity contribution in [2.75, 3.05) is 0 Å². The number of imide groups is 1. The van der Waals surface area contributed by atoms with Gasteiger partial charge in [-0.1, -0.05) is 23.8 Å². The molecule has 7 heteroatoms. The molecule has 2 bridgehead atoms. The molecule has 0 N–H and O–H groups in total. The van der Waals surface area contributed by atoms with Gasteiger partial charge >= 0.3 is 0 Å². The summed E-state index contributed by atoms with van der Waals surface area (Å²) in [5, 5.41) is 5.74. The van der Waals surface area contributed by atoms with Crippen molar-refractivity contribution in [3.63, 3.8) is 0 Å². The Balaban J connectivity index is 1.63. The highest BCUT2D eigenvalue weighted by atomic mass is 79.9. The lowest BCUT2D eigenvalue weighted by Gasteiger charge is -2.15. The quantitative estimate of drug-likeness (QED) is 0.406. The standard InChI is InChI=1S/C19H18BrClN2O3/c1-9(2)26-17-12(6-13(21)7-14(17)20)8-22-23-18(24)15-10-3-4-11(5-10)16(15)19(23)25/h3-4,6-11,15-16H,5H2,1-2H3. The van der Waals surface area contributed by atoms with E-state index in [2.05, 4.69) is 33.2 Å². The van der Waals surface area contributed by atoms with Gasteiger partial charge in [0.05, 0.1) is 28.6 Å². The fourth-order valence-electron chi connectivity index (χ4n) is 4.16. The molecule has 4 unspecified atom stereocenters. The molecule has 3 aliphatic rings. The van der Waals surface area contributed by atoms with Gasteiger partial charge < -0.3 is 4.74 Å². The number of allylic oxidation sites excluding steroid dienone is 2. The first-order valence-corrected chi connectivity index (χ1v) is 9.79. The Hall–Kier alpha value is -1.66. The Morgan fingerprint density at radius 3 is 2.42 bits per heavy atom. The van der Waals surface area contributed by atoms with Crippen LogP contribution in [0.25, 0.3) is 0 Å². The molecule has 1 aromatic rings. The molecule has 5 nitrogen and oxygen atoms in total. The number of amides is 2. The fourth-order valence-corrected chi connectivity index (χ4v) is 5.08. The van der Waals surface area contributed by atoms with Gasteiger partial charge in [-0.3, -0.25) is 9.59 Å². The van der Waals surface area contributed by atoms with Gasteiger partial charge in [-0.05, 0) is 60.2 Å². The molecule has 2 aliphatic carbocycles. The summed E-state index contributed by atoms with van der Waals surface area (Å²) in [6, 6.07) is 3.43. The van der Waals surface area contributed by atoms with Crippen molar-refractivity contribution < 1.29 is 14.3 Å². The van der Waals surface area contributed by atoms with Crippen LogP contribution in [0.3, 0.4) is 0 Å². The second-order valence-corrected chi connectivity index (χ2v) is 8.50. The van der Waals surface area contributed by atoms with E-state index in [-0.39, 0.29) is 41.6 Å². The molecule has 1 saturated carbocycles. The van der Waals surface area contributed by atoms with Gasteiger partial charge in [0, 0.05) is 10.6 Å². The van der Waals surface area contributed by atoms with Crippen molar-refractivity contribution in [2.45, 2.75) is 26.4 Å². The maximum absolute atomic E-state index is 12.7. The van der Waals surface area contributed by atoms with Crippen molar-refractivity contribution in [2.24, 2.45) is 28.8 Å². The summed E-state index contributed by atoms with van der Waals surface area (Å²) in [7, 11) is 0. The Bertz CT molecular complexity index is 821. The number of ether oxygens (including phenoxy) is 1. The van der Waals surface area contributed by atoms with Gasteiger partial charge in [-0.2, -0.15) is 10.1 Å². The molecule has 0 spiro atoms. The summed E-state index contributed by atoms with van der Waals surface area (Å²) >= 11 is 9.57. The highest BCUT2D eigenvalue weighted by Crippen LogP contribution is 2.52. The van der Waals surface area contributed by atoms with Crippen molar-refractivity contribution in [3.05, 3.63) is 39.3 Å². The first-order valence-electron chi connectivity index (χ1n) is 8.62. The Kier molecular flexibility index (Phi) is 4.43. The average Bonchev–Trinajstić information content (AvgIpc) is 3.23. The first kappa shape index (κ1) is 17.7. The average molecular weight is 438 g/mol. The van der Waals surface area contributed by atoms with Crippen LogP contribution in [0.1, 0.15) is 25.8 Å². The van der Waals surface area contributed by atoms with Crippen LogP contribution in [0.5, 0.6) is 5.75 Å². The second kappa shape index (κ2) is 6.50. The first-order chi connectivity index (χ1) is 12.4. The van der Waals surface area contributed by atoms with Crippen LogP contribution in [0, 0.1) is 23.7 Å². The maximum Gasteiger partial charge on any atom is 0.254 e. The van der Waals surface area contributed by atoms with E-state index in [0.717, 1.165) is 11.4 Å². The lowest BCUT2D eigenvalue weighted by molar-refractivity contribution is -0.140. The molecule has 1 saturated heterocycles. The second-order valence-electron chi connectivity index (χ2n) is 7.21. The van der Waals surface area contributed by atoms with Crippen molar-refractivity contribution in [3.8, 4) is 5.75 Å². The number of hydrogen-bond acceptors (Lipinski definition) is 4. The molecule has 0 aromatic heterocycles. The number of fused-ring (bicyclic) bond motifs is 5. The van der Waals surface area contributed by atoms with E-state index in [0.29, 0.717) is 20.8 Å². The van der Waals surface area contributed by atoms with Crippen molar-refractivity contribution in [1.29, 1.82) is 0 Å². The van der Waals surface area contributed by atoms with Gasteiger partial charge in [0.1, 0.15) is 5.75 Å². The third-order valence-corrected chi connectivity index (χ3v) is 5.96. The molecular formula is C19H18BrClN2O3. The molecule has 4 atom stereocenters. The molecule has 1 heterocycles.